The minimum absolute atomic E-state index is 0. The van der Waals surface area contributed by atoms with E-state index in [0.717, 1.165) is 67.3 Å². The van der Waals surface area contributed by atoms with Crippen LogP contribution in [0.2, 0.25) is 0 Å². The van der Waals surface area contributed by atoms with Gasteiger partial charge < -0.3 is 23.8 Å². The Morgan fingerprint density at radius 2 is 1.67 bits per heavy atom. The van der Waals surface area contributed by atoms with Crippen molar-refractivity contribution in [1.29, 1.82) is 0 Å². The van der Waals surface area contributed by atoms with Gasteiger partial charge in [-0.1, -0.05) is 60.1 Å². The summed E-state index contributed by atoms with van der Waals surface area (Å²) in [5.74, 6) is 2.67. The Labute approximate surface area is 263 Å². The van der Waals surface area contributed by atoms with Crippen molar-refractivity contribution >= 4 is 33.2 Å². The fraction of sp³-hybridized carbons (Fsp3) is 0.0857. The molecule has 214 valence electrons. The molecule has 0 radical (unpaired) electrons. The van der Waals surface area contributed by atoms with Crippen molar-refractivity contribution in [3.8, 4) is 28.8 Å². The molecule has 7 aromatic rings. The van der Waals surface area contributed by atoms with E-state index in [9.17, 15) is 0 Å². The Morgan fingerprint density at radius 3 is 2.56 bits per heavy atom. The number of imidazole rings is 1. The van der Waals surface area contributed by atoms with E-state index >= 15 is 0 Å². The topological polar surface area (TPSA) is 61.0 Å². The molecule has 8 heteroatoms. The zero-order valence-corrected chi connectivity index (χ0v) is 25.9. The van der Waals surface area contributed by atoms with Gasteiger partial charge in [0.2, 0.25) is 0 Å². The van der Waals surface area contributed by atoms with Crippen molar-refractivity contribution in [2.24, 2.45) is 0 Å². The molecule has 0 unspecified atom stereocenters. The SMILES string of the molecule is Cc1ccnc(-n2c3[c-]c(Oc4[c-]c(N5[CH-]n6c(nc(C)c6C)-c6ccccc65)ccc4)ncc3c3ccccc32)c1.[Pt]. The van der Waals surface area contributed by atoms with E-state index < -0.39 is 0 Å². The largest absolute Gasteiger partial charge is 0.484 e. The third kappa shape index (κ3) is 4.39. The van der Waals surface area contributed by atoms with Crippen LogP contribution in [0.4, 0.5) is 11.4 Å². The molecule has 4 aromatic heterocycles. The number of fused-ring (bicyclic) bond motifs is 6. The molecule has 43 heavy (non-hydrogen) atoms. The number of rotatable bonds is 4. The first-order valence-corrected chi connectivity index (χ1v) is 13.8. The van der Waals surface area contributed by atoms with Crippen LogP contribution >= 0.6 is 0 Å². The summed E-state index contributed by atoms with van der Waals surface area (Å²) in [5, 5.41) is 2.07. The first-order chi connectivity index (χ1) is 20.5. The zero-order chi connectivity index (χ0) is 28.4. The smallest absolute Gasteiger partial charge is 0.134 e. The summed E-state index contributed by atoms with van der Waals surface area (Å²) in [6, 6.07) is 33.3. The van der Waals surface area contributed by atoms with Crippen molar-refractivity contribution in [1.82, 2.24) is 24.1 Å². The Hall–Kier alpha value is -4.87. The number of aromatic nitrogens is 5. The molecule has 8 rings (SSSR count). The minimum atomic E-state index is 0. The van der Waals surface area contributed by atoms with Gasteiger partial charge in [0, 0.05) is 50.0 Å². The fourth-order valence-corrected chi connectivity index (χ4v) is 5.65. The molecule has 7 nitrogen and oxygen atoms in total. The van der Waals surface area contributed by atoms with E-state index in [0.29, 0.717) is 11.6 Å². The van der Waals surface area contributed by atoms with Crippen LogP contribution < -0.4 is 9.64 Å². The van der Waals surface area contributed by atoms with Crippen LogP contribution in [0.1, 0.15) is 17.0 Å². The molecule has 0 N–H and O–H groups in total. The van der Waals surface area contributed by atoms with Crippen molar-refractivity contribution < 1.29 is 25.8 Å². The molecule has 1 aliphatic heterocycles. The molecule has 0 fully saturated rings. The summed E-state index contributed by atoms with van der Waals surface area (Å²) in [5.41, 5.74) is 8.07. The van der Waals surface area contributed by atoms with Gasteiger partial charge >= 0.3 is 0 Å². The summed E-state index contributed by atoms with van der Waals surface area (Å²) in [6.45, 7) is 8.25. The van der Waals surface area contributed by atoms with Gasteiger partial charge in [-0.2, -0.15) is 12.1 Å². The van der Waals surface area contributed by atoms with Gasteiger partial charge in [-0.05, 0) is 67.8 Å². The van der Waals surface area contributed by atoms with Crippen LogP contribution in [0.3, 0.4) is 0 Å². The maximum absolute atomic E-state index is 6.30. The van der Waals surface area contributed by atoms with Crippen LogP contribution in [-0.2, 0) is 21.1 Å². The first kappa shape index (κ1) is 27.0. The predicted molar refractivity (Wildman–Crippen MR) is 164 cm³/mol. The summed E-state index contributed by atoms with van der Waals surface area (Å²) < 4.78 is 10.5. The van der Waals surface area contributed by atoms with Crippen LogP contribution in [0.5, 0.6) is 11.6 Å². The second-order valence-corrected chi connectivity index (χ2v) is 10.5. The van der Waals surface area contributed by atoms with Gasteiger partial charge in [0.25, 0.3) is 0 Å². The molecule has 3 aromatic carbocycles. The fourth-order valence-electron chi connectivity index (χ4n) is 5.65. The molecule has 0 aliphatic carbocycles. The number of para-hydroxylation sites is 2. The molecule has 0 atom stereocenters. The first-order valence-electron chi connectivity index (χ1n) is 13.8. The molecule has 1 aliphatic rings. The maximum Gasteiger partial charge on any atom is 0.134 e. The quantitative estimate of drug-likeness (QED) is 0.172. The van der Waals surface area contributed by atoms with Crippen LogP contribution in [0, 0.1) is 39.6 Å². The molecular weight excluding hydrogens is 716 g/mol. The van der Waals surface area contributed by atoms with Crippen LogP contribution in [-0.4, -0.2) is 24.1 Å². The molecule has 0 amide bonds. The summed E-state index contributed by atoms with van der Waals surface area (Å²) >= 11 is 0. The van der Waals surface area contributed by atoms with Crippen molar-refractivity contribution in [3.05, 3.63) is 127 Å². The number of hydrogen-bond donors (Lipinski definition) is 0. The molecule has 0 bridgehead atoms. The van der Waals surface area contributed by atoms with Crippen LogP contribution in [0.15, 0.2) is 91.3 Å². The molecular formula is C35H25N6OPt-3. The number of ether oxygens (including phenoxy) is 1. The van der Waals surface area contributed by atoms with E-state index in [-0.39, 0.29) is 21.1 Å². The molecule has 5 heterocycles. The maximum atomic E-state index is 6.30. The zero-order valence-electron chi connectivity index (χ0n) is 23.6. The van der Waals surface area contributed by atoms with E-state index in [1.165, 1.54) is 0 Å². The Bertz CT molecular complexity index is 2160. The van der Waals surface area contributed by atoms with Crippen molar-refractivity contribution in [2.45, 2.75) is 20.8 Å². The molecule has 0 spiro atoms. The standard InChI is InChI=1S/C35H25N6O.Pt/c1-22-15-16-36-33(17-22)41-31-14-7-4-11-27(31)29-20-37-34(19-32(29)41)42-26-10-8-9-25(18-26)40-21-39-24(3)23(2)38-35(39)28-12-5-6-13-30(28)40;/h4-17,20-21H,1-3H3;/q-3;. The average Bonchev–Trinajstić information content (AvgIpc) is 3.50. The van der Waals surface area contributed by atoms with Gasteiger partial charge in [-0.3, -0.25) is 4.98 Å². The number of nitrogens with zero attached hydrogens (tertiary/aromatic N) is 6. The number of pyridine rings is 2. The summed E-state index contributed by atoms with van der Waals surface area (Å²) in [4.78, 5) is 16.2. The van der Waals surface area contributed by atoms with Gasteiger partial charge in [0.05, 0.1) is 0 Å². The van der Waals surface area contributed by atoms with Crippen LogP contribution in [0.25, 0.3) is 39.0 Å². The third-order valence-electron chi connectivity index (χ3n) is 7.82. The van der Waals surface area contributed by atoms with E-state index in [1.807, 2.05) is 67.8 Å². The second-order valence-electron chi connectivity index (χ2n) is 10.5. The average molecular weight is 741 g/mol. The van der Waals surface area contributed by atoms with Gasteiger partial charge in [-0.15, -0.1) is 29.1 Å². The van der Waals surface area contributed by atoms with E-state index in [1.54, 1.807) is 0 Å². The molecule has 0 saturated heterocycles. The Kier molecular flexibility index (Phi) is 6.55. The van der Waals surface area contributed by atoms with Crippen molar-refractivity contribution in [3.63, 3.8) is 0 Å². The predicted octanol–water partition coefficient (Wildman–Crippen LogP) is 7.87. The third-order valence-corrected chi connectivity index (χ3v) is 7.82. The number of anilines is 2. The van der Waals surface area contributed by atoms with Gasteiger partial charge in [0.15, 0.2) is 0 Å². The Morgan fingerprint density at radius 1 is 0.837 bits per heavy atom. The number of aryl methyl sites for hydroxylation is 2. The second kappa shape index (κ2) is 10.4. The van der Waals surface area contributed by atoms with Gasteiger partial charge in [0.1, 0.15) is 11.7 Å². The normalized spacial score (nSPS) is 12.0. The summed E-state index contributed by atoms with van der Waals surface area (Å²) in [7, 11) is 0. The van der Waals surface area contributed by atoms with E-state index in [2.05, 4.69) is 87.0 Å². The Balaban J connectivity index is 0.00000300. The number of hydrogen-bond acceptors (Lipinski definition) is 5. The molecule has 0 saturated carbocycles. The van der Waals surface area contributed by atoms with E-state index in [4.69, 9.17) is 9.72 Å². The van der Waals surface area contributed by atoms with Gasteiger partial charge in [-0.25, -0.2) is 4.98 Å². The number of benzene rings is 3. The minimum Gasteiger partial charge on any atom is -0.484 e. The summed E-state index contributed by atoms with van der Waals surface area (Å²) in [6.07, 6.45) is 3.68. The monoisotopic (exact) mass is 740 g/mol. The van der Waals surface area contributed by atoms with Crippen molar-refractivity contribution in [2.75, 3.05) is 4.90 Å².